The van der Waals surface area contributed by atoms with Crippen LogP contribution in [0.3, 0.4) is 0 Å². The van der Waals surface area contributed by atoms with Gasteiger partial charge >= 0.3 is 10.1 Å². The number of hydrogen-bond donors (Lipinski definition) is 3. The highest BCUT2D eigenvalue weighted by atomic mass is 79.9. The van der Waals surface area contributed by atoms with Gasteiger partial charge in [0.05, 0.1) is 22.9 Å². The van der Waals surface area contributed by atoms with Crippen molar-refractivity contribution in [3.63, 3.8) is 0 Å². The topological polar surface area (TPSA) is 139 Å². The van der Waals surface area contributed by atoms with Gasteiger partial charge in [0.25, 0.3) is 0 Å². The molecule has 12 heteroatoms. The highest BCUT2D eigenvalue weighted by Crippen LogP contribution is 2.30. The Morgan fingerprint density at radius 2 is 1.54 bits per heavy atom. The molecule has 0 amide bonds. The Bertz CT molecular complexity index is 1640. The van der Waals surface area contributed by atoms with E-state index >= 15 is 0 Å². The molecule has 0 heterocycles. The molecule has 0 aromatic heterocycles. The molecule has 1 aliphatic carbocycles. The van der Waals surface area contributed by atoms with E-state index in [0.29, 0.717) is 23.6 Å². The summed E-state index contributed by atoms with van der Waals surface area (Å²) < 4.78 is 62.9. The maximum absolute atomic E-state index is 12.9. The molecule has 1 aliphatic rings. The lowest BCUT2D eigenvalue weighted by molar-refractivity contribution is 0.126. The summed E-state index contributed by atoms with van der Waals surface area (Å²) in [7, 11) is -7.29. The Balaban J connectivity index is 1.04. The van der Waals surface area contributed by atoms with Crippen LogP contribution in [-0.2, 0) is 37.7 Å². The Morgan fingerprint density at radius 1 is 0.833 bits per heavy atom. The fourth-order valence-corrected chi connectivity index (χ4v) is 9.00. The quantitative estimate of drug-likeness (QED) is 0.0804. The van der Waals surface area contributed by atoms with Crippen molar-refractivity contribution in [2.75, 3.05) is 26.3 Å². The zero-order valence-corrected chi connectivity index (χ0v) is 30.6. The van der Waals surface area contributed by atoms with Crippen LogP contribution >= 0.6 is 15.9 Å². The highest BCUT2D eigenvalue weighted by Gasteiger charge is 2.30. The van der Waals surface area contributed by atoms with E-state index in [0.717, 1.165) is 93.8 Å². The first-order valence-electron chi connectivity index (χ1n) is 16.8. The van der Waals surface area contributed by atoms with E-state index in [1.165, 1.54) is 18.2 Å². The van der Waals surface area contributed by atoms with E-state index < -0.39 is 32.7 Å². The van der Waals surface area contributed by atoms with Crippen LogP contribution in [0.1, 0.15) is 87.0 Å². The van der Waals surface area contributed by atoms with Crippen molar-refractivity contribution < 1.29 is 36.0 Å². The number of aliphatic hydroxyl groups is 2. The van der Waals surface area contributed by atoms with Gasteiger partial charge in [-0.1, -0.05) is 59.8 Å². The first kappa shape index (κ1) is 38.5. The molecule has 4 rings (SSSR count). The number of aliphatic hydroxyl groups excluding tert-OH is 2. The molecule has 3 N–H and O–H groups in total. The lowest BCUT2D eigenvalue weighted by Crippen LogP contribution is -2.22. The van der Waals surface area contributed by atoms with Crippen molar-refractivity contribution in [3.05, 3.63) is 87.9 Å². The first-order valence-corrected chi connectivity index (χ1v) is 20.6. The van der Waals surface area contributed by atoms with Crippen LogP contribution in [0.25, 0.3) is 0 Å². The minimum Gasteiger partial charge on any atom is -0.392 e. The molecular weight excluding hydrogens is 718 g/mol. The largest absolute Gasteiger partial charge is 0.392 e. The third-order valence-electron chi connectivity index (χ3n) is 8.64. The molecule has 1 saturated carbocycles. The summed E-state index contributed by atoms with van der Waals surface area (Å²) in [5, 5.41) is 23.5. The standard InChI is InChI=1S/C36H48BrNO8S2/c37-31-16-18-33(19-17-31)48(43,44)46-36-20-15-29(25-30(36)27-39)35(40)26-38-21-6-1-2-7-22-45-23-8-5-10-28-11-9-14-34(24-28)47(41,42)32-12-3-4-13-32/h9,11,14-20,24-25,32,35,38-40H,1-8,10,12-13,21-23,26-27H2/t35-/m0/s1. The lowest BCUT2D eigenvalue weighted by Gasteiger charge is -2.16. The van der Waals surface area contributed by atoms with Crippen LogP contribution in [0, 0.1) is 0 Å². The molecule has 0 unspecified atom stereocenters. The maximum atomic E-state index is 12.9. The van der Waals surface area contributed by atoms with Crippen molar-refractivity contribution in [2.24, 2.45) is 0 Å². The number of unbranched alkanes of at least 4 members (excludes halogenated alkanes) is 4. The number of rotatable bonds is 21. The van der Waals surface area contributed by atoms with Gasteiger partial charge in [0.1, 0.15) is 10.6 Å². The number of sulfone groups is 1. The van der Waals surface area contributed by atoms with E-state index in [9.17, 15) is 27.0 Å². The Kier molecular flexibility index (Phi) is 15.4. The molecule has 9 nitrogen and oxygen atoms in total. The SMILES string of the molecule is O=S(=O)(Oc1ccc([C@@H](O)CNCCCCCCOCCCCc2cccc(S(=O)(=O)C3CCCC3)c2)cc1CO)c1ccc(Br)cc1. The van der Waals surface area contributed by atoms with Crippen LogP contribution < -0.4 is 9.50 Å². The normalized spacial score (nSPS) is 14.7. The summed E-state index contributed by atoms with van der Waals surface area (Å²) >= 11 is 3.27. The minimum atomic E-state index is -4.08. The second-order valence-corrected chi connectivity index (χ2v) is 17.0. The average molecular weight is 767 g/mol. The molecule has 0 saturated heterocycles. The summed E-state index contributed by atoms with van der Waals surface area (Å²) in [6.45, 7) is 2.06. The molecule has 0 bridgehead atoms. The fraction of sp³-hybridized carbons (Fsp3) is 0.500. The zero-order valence-electron chi connectivity index (χ0n) is 27.4. The lowest BCUT2D eigenvalue weighted by atomic mass is 10.1. The molecule has 1 fully saturated rings. The van der Waals surface area contributed by atoms with Crippen molar-refractivity contribution >= 4 is 35.9 Å². The predicted octanol–water partition coefficient (Wildman–Crippen LogP) is 6.65. The Hall–Kier alpha value is -2.32. The summed E-state index contributed by atoms with van der Waals surface area (Å²) in [4.78, 5) is 0.466. The molecule has 48 heavy (non-hydrogen) atoms. The second kappa shape index (κ2) is 19.2. The predicted molar refractivity (Wildman–Crippen MR) is 190 cm³/mol. The van der Waals surface area contributed by atoms with Crippen LogP contribution in [0.15, 0.2) is 81.0 Å². The number of hydrogen-bond acceptors (Lipinski definition) is 9. The van der Waals surface area contributed by atoms with Gasteiger partial charge in [-0.25, -0.2) is 8.42 Å². The number of benzene rings is 3. The fourth-order valence-electron chi connectivity index (χ4n) is 5.85. The Morgan fingerprint density at radius 3 is 2.27 bits per heavy atom. The summed E-state index contributed by atoms with van der Waals surface area (Å²) in [5.41, 5.74) is 1.89. The van der Waals surface area contributed by atoms with Crippen LogP contribution in [0.4, 0.5) is 0 Å². The molecule has 0 spiro atoms. The monoisotopic (exact) mass is 765 g/mol. The number of halogens is 1. The molecule has 264 valence electrons. The molecule has 3 aromatic carbocycles. The summed E-state index contributed by atoms with van der Waals surface area (Å²) in [5.74, 6) is 0.0167. The van der Waals surface area contributed by atoms with E-state index in [4.69, 9.17) is 8.92 Å². The van der Waals surface area contributed by atoms with E-state index in [1.54, 1.807) is 30.3 Å². The summed E-state index contributed by atoms with van der Waals surface area (Å²) in [6, 6.07) is 18.1. The van der Waals surface area contributed by atoms with Gasteiger partial charge in [0.2, 0.25) is 0 Å². The van der Waals surface area contributed by atoms with Gasteiger partial charge < -0.3 is 24.4 Å². The number of ether oxygens (including phenoxy) is 1. The van der Waals surface area contributed by atoms with Gasteiger partial charge in [0, 0.05) is 29.8 Å². The third-order valence-corrected chi connectivity index (χ3v) is 12.7. The molecule has 0 radical (unpaired) electrons. The molecular formula is C36H48BrNO8S2. The van der Waals surface area contributed by atoms with Gasteiger partial charge in [-0.05, 0) is 111 Å². The minimum absolute atomic E-state index is 0.00340. The molecule has 1 atom stereocenters. The molecule has 0 aliphatic heterocycles. The summed E-state index contributed by atoms with van der Waals surface area (Å²) in [6.07, 6.45) is 9.52. The van der Waals surface area contributed by atoms with Crippen molar-refractivity contribution in [3.8, 4) is 5.75 Å². The van der Waals surface area contributed by atoms with Crippen molar-refractivity contribution in [1.82, 2.24) is 5.32 Å². The van der Waals surface area contributed by atoms with Crippen LogP contribution in [-0.4, -0.2) is 58.6 Å². The maximum Gasteiger partial charge on any atom is 0.339 e. The number of nitrogens with one attached hydrogen (secondary N) is 1. The van der Waals surface area contributed by atoms with Gasteiger partial charge in [-0.15, -0.1) is 0 Å². The van der Waals surface area contributed by atoms with Crippen molar-refractivity contribution in [1.29, 1.82) is 0 Å². The zero-order chi connectivity index (χ0) is 34.4. The third kappa shape index (κ3) is 11.6. The van der Waals surface area contributed by atoms with E-state index in [1.807, 2.05) is 18.2 Å². The van der Waals surface area contributed by atoms with Gasteiger partial charge in [-0.2, -0.15) is 8.42 Å². The molecule has 3 aromatic rings. The van der Waals surface area contributed by atoms with Gasteiger partial charge in [0.15, 0.2) is 9.84 Å². The average Bonchev–Trinajstić information content (AvgIpc) is 3.63. The Labute approximate surface area is 294 Å². The van der Waals surface area contributed by atoms with Gasteiger partial charge in [-0.3, -0.25) is 0 Å². The smallest absolute Gasteiger partial charge is 0.339 e. The highest BCUT2D eigenvalue weighted by molar-refractivity contribution is 9.10. The van der Waals surface area contributed by atoms with Crippen molar-refractivity contribution in [2.45, 2.75) is 98.4 Å². The van der Waals surface area contributed by atoms with E-state index in [-0.39, 0.29) is 21.5 Å². The first-order chi connectivity index (χ1) is 23.1. The van der Waals surface area contributed by atoms with Crippen LogP contribution in [0.2, 0.25) is 0 Å². The van der Waals surface area contributed by atoms with E-state index in [2.05, 4.69) is 21.2 Å². The number of aryl methyl sites for hydroxylation is 1. The van der Waals surface area contributed by atoms with Crippen LogP contribution in [0.5, 0.6) is 5.75 Å². The second-order valence-electron chi connectivity index (χ2n) is 12.3.